The van der Waals surface area contributed by atoms with Gasteiger partial charge in [-0.2, -0.15) is 0 Å². The van der Waals surface area contributed by atoms with Crippen LogP contribution in [0.2, 0.25) is 0 Å². The molecule has 0 radical (unpaired) electrons. The van der Waals surface area contributed by atoms with Crippen molar-refractivity contribution < 1.29 is 19.4 Å². The molecule has 1 aliphatic rings. The van der Waals surface area contributed by atoms with E-state index in [1.165, 1.54) is 0 Å². The highest BCUT2D eigenvalue weighted by atomic mass is 16.6. The summed E-state index contributed by atoms with van der Waals surface area (Å²) in [6, 6.07) is 0. The molecule has 0 bridgehead atoms. The summed E-state index contributed by atoms with van der Waals surface area (Å²) in [5.74, 6) is -1.41. The number of aliphatic carboxylic acids is 1. The predicted molar refractivity (Wildman–Crippen MR) is 67.9 cm³/mol. The van der Waals surface area contributed by atoms with Crippen LogP contribution in [0.3, 0.4) is 0 Å². The SMILES string of the molecule is C/C=C/C=C/C1O[13C](=O)C(CCC(=O)O)=CC1=[13CH2]. The van der Waals surface area contributed by atoms with Gasteiger partial charge < -0.3 is 9.84 Å². The molecule has 1 aliphatic heterocycles. The highest BCUT2D eigenvalue weighted by Gasteiger charge is 2.23. The number of esters is 1. The Kier molecular flexibility index (Phi) is 5.11. The molecular weight excluding hydrogens is 234 g/mol. The normalized spacial score (nSPS) is 20.3. The molecule has 1 heterocycles. The highest BCUT2D eigenvalue weighted by molar-refractivity contribution is 5.91. The summed E-state index contributed by atoms with van der Waals surface area (Å²) < 4.78 is 5.17. The van der Waals surface area contributed by atoms with Gasteiger partial charge in [0.05, 0.1) is 0 Å². The summed E-state index contributed by atoms with van der Waals surface area (Å²) in [5.41, 5.74) is 1.01. The van der Waals surface area contributed by atoms with Crippen molar-refractivity contribution in [1.29, 1.82) is 0 Å². The molecular formula is C14H16O4. The van der Waals surface area contributed by atoms with Gasteiger partial charge in [-0.25, -0.2) is 4.79 Å². The van der Waals surface area contributed by atoms with Gasteiger partial charge in [-0.15, -0.1) is 0 Å². The van der Waals surface area contributed by atoms with Crippen molar-refractivity contribution >= 4 is 11.9 Å². The van der Waals surface area contributed by atoms with Gasteiger partial charge in [0.2, 0.25) is 0 Å². The standard InChI is InChI=1S/C14H16O4/c1-3-4-5-6-12-10(2)9-11(14(17)18-12)7-8-13(15)16/h3-6,9,12H,2,7-8H2,1H3,(H,15,16)/b4-3+,6-5+/i2+1,14+1. The monoisotopic (exact) mass is 250 g/mol. The molecule has 0 spiro atoms. The van der Waals surface area contributed by atoms with Gasteiger partial charge in [0, 0.05) is 12.0 Å². The summed E-state index contributed by atoms with van der Waals surface area (Å²) >= 11 is 0. The molecule has 0 saturated carbocycles. The van der Waals surface area contributed by atoms with Crippen molar-refractivity contribution in [2.45, 2.75) is 25.9 Å². The van der Waals surface area contributed by atoms with E-state index >= 15 is 0 Å². The number of carboxylic acids is 1. The van der Waals surface area contributed by atoms with Gasteiger partial charge >= 0.3 is 11.9 Å². The lowest BCUT2D eigenvalue weighted by atomic mass is 10.1. The van der Waals surface area contributed by atoms with Crippen molar-refractivity contribution in [1.82, 2.24) is 0 Å². The smallest absolute Gasteiger partial charge is 0.334 e. The lowest BCUT2D eigenvalue weighted by Gasteiger charge is -2.21. The van der Waals surface area contributed by atoms with Gasteiger partial charge in [0.1, 0.15) is 6.10 Å². The molecule has 1 atom stereocenters. The van der Waals surface area contributed by atoms with Crippen LogP contribution in [0.1, 0.15) is 19.8 Å². The second kappa shape index (κ2) is 6.59. The van der Waals surface area contributed by atoms with E-state index < -0.39 is 18.0 Å². The number of carboxylic acid groups (broad SMARTS) is 1. The minimum absolute atomic E-state index is 0.0900. The zero-order valence-corrected chi connectivity index (χ0v) is 10.3. The first kappa shape index (κ1) is 14.0. The van der Waals surface area contributed by atoms with Crippen molar-refractivity contribution in [2.75, 3.05) is 0 Å². The molecule has 4 heteroatoms. The third kappa shape index (κ3) is 4.05. The summed E-state index contributed by atoms with van der Waals surface area (Å²) in [4.78, 5) is 22.1. The van der Waals surface area contributed by atoms with E-state index in [0.717, 1.165) is 0 Å². The van der Waals surface area contributed by atoms with Gasteiger partial charge in [0.25, 0.3) is 0 Å². The molecule has 18 heavy (non-hydrogen) atoms. The van der Waals surface area contributed by atoms with Crippen LogP contribution in [0, 0.1) is 0 Å². The Labute approximate surface area is 106 Å². The van der Waals surface area contributed by atoms with E-state index in [1.54, 1.807) is 18.2 Å². The molecule has 1 N–H and O–H groups in total. The fraction of sp³-hybridized carbons (Fsp3) is 0.286. The van der Waals surface area contributed by atoms with Crippen LogP contribution in [0.5, 0.6) is 0 Å². The fourth-order valence-corrected chi connectivity index (χ4v) is 1.49. The summed E-state index contributed by atoms with van der Waals surface area (Å²) in [6.07, 6.45) is 8.40. The number of cyclic esters (lactones) is 1. The maximum Gasteiger partial charge on any atom is 0.334 e. The first-order valence-electron chi connectivity index (χ1n) is 5.66. The Morgan fingerprint density at radius 2 is 2.28 bits per heavy atom. The van der Waals surface area contributed by atoms with E-state index in [4.69, 9.17) is 9.84 Å². The predicted octanol–water partition coefficient (Wildman–Crippen LogP) is 2.39. The van der Waals surface area contributed by atoms with E-state index in [-0.39, 0.29) is 12.8 Å². The van der Waals surface area contributed by atoms with Crippen LogP contribution < -0.4 is 0 Å². The first-order valence-corrected chi connectivity index (χ1v) is 5.66. The molecule has 96 valence electrons. The van der Waals surface area contributed by atoms with Gasteiger partial charge in [-0.1, -0.05) is 24.8 Å². The molecule has 1 rings (SSSR count). The van der Waals surface area contributed by atoms with Crippen molar-refractivity contribution in [2.24, 2.45) is 0 Å². The number of hydrogen-bond acceptors (Lipinski definition) is 3. The molecule has 0 aromatic rings. The average molecular weight is 250 g/mol. The second-order valence-electron chi connectivity index (χ2n) is 3.87. The number of carbonyl (C=O) groups is 2. The van der Waals surface area contributed by atoms with E-state index in [0.29, 0.717) is 11.1 Å². The van der Waals surface area contributed by atoms with Crippen LogP contribution in [0.25, 0.3) is 0 Å². The zero-order valence-electron chi connectivity index (χ0n) is 10.3. The molecule has 1 unspecified atom stereocenters. The van der Waals surface area contributed by atoms with Crippen LogP contribution in [0.4, 0.5) is 0 Å². The molecule has 0 amide bonds. The zero-order chi connectivity index (χ0) is 13.5. The maximum absolute atomic E-state index is 11.6. The van der Waals surface area contributed by atoms with Crippen LogP contribution in [-0.4, -0.2) is 23.1 Å². The summed E-state index contributed by atoms with van der Waals surface area (Å²) in [5, 5.41) is 8.57. The Balaban J connectivity index is 2.71. The molecule has 4 nitrogen and oxygen atoms in total. The van der Waals surface area contributed by atoms with Crippen LogP contribution in [-0.2, 0) is 14.3 Å². The molecule has 0 aromatic heterocycles. The van der Waals surface area contributed by atoms with Crippen molar-refractivity contribution in [3.8, 4) is 0 Å². The van der Waals surface area contributed by atoms with Gasteiger partial charge in [0.15, 0.2) is 0 Å². The van der Waals surface area contributed by atoms with E-state index in [1.807, 2.05) is 19.1 Å². The Morgan fingerprint density at radius 1 is 1.56 bits per heavy atom. The molecule has 0 fully saturated rings. The van der Waals surface area contributed by atoms with E-state index in [2.05, 4.69) is 6.58 Å². The third-order valence-corrected chi connectivity index (χ3v) is 2.42. The van der Waals surface area contributed by atoms with Crippen LogP contribution >= 0.6 is 0 Å². The fourth-order valence-electron chi connectivity index (χ4n) is 1.49. The second-order valence-corrected chi connectivity index (χ2v) is 3.87. The van der Waals surface area contributed by atoms with Crippen molar-refractivity contribution in [3.05, 3.63) is 48.1 Å². The Morgan fingerprint density at radius 3 is 2.89 bits per heavy atom. The average Bonchev–Trinajstić information content (AvgIpc) is 2.31. The first-order chi connectivity index (χ1) is 8.54. The summed E-state index contributed by atoms with van der Waals surface area (Å²) in [6.45, 7) is 5.69. The quantitative estimate of drug-likeness (QED) is 0.462. The van der Waals surface area contributed by atoms with Gasteiger partial charge in [-0.05, 0) is 31.1 Å². The maximum atomic E-state index is 11.6. The lowest BCUT2D eigenvalue weighted by molar-refractivity contribution is -0.141. The largest absolute Gasteiger partial charge is 0.481 e. The Hall–Kier alpha value is -2.10. The minimum Gasteiger partial charge on any atom is -0.481 e. The topological polar surface area (TPSA) is 63.6 Å². The Bertz CT molecular complexity index is 441. The number of rotatable bonds is 5. The highest BCUT2D eigenvalue weighted by Crippen LogP contribution is 2.22. The number of carbonyl (C=O) groups excluding carboxylic acids is 1. The third-order valence-electron chi connectivity index (χ3n) is 2.42. The van der Waals surface area contributed by atoms with Crippen molar-refractivity contribution in [3.63, 3.8) is 0 Å². The van der Waals surface area contributed by atoms with E-state index in [9.17, 15) is 9.59 Å². The van der Waals surface area contributed by atoms with Crippen LogP contribution in [0.15, 0.2) is 48.1 Å². The summed E-state index contributed by atoms with van der Waals surface area (Å²) in [7, 11) is 0. The number of ether oxygens (including phenoxy) is 1. The molecule has 0 aromatic carbocycles. The lowest BCUT2D eigenvalue weighted by Crippen LogP contribution is -2.24. The number of hydrogen-bond donors (Lipinski definition) is 1. The van der Waals surface area contributed by atoms with Gasteiger partial charge in [-0.3, -0.25) is 4.79 Å². The minimum atomic E-state index is -0.940. The number of allylic oxidation sites excluding steroid dienone is 3. The molecule has 0 saturated heterocycles. The molecule has 0 aliphatic carbocycles.